The van der Waals surface area contributed by atoms with Crippen LogP contribution in [0.15, 0.2) is 36.7 Å². The van der Waals surface area contributed by atoms with Crippen molar-refractivity contribution in [3.05, 3.63) is 42.5 Å². The summed E-state index contributed by atoms with van der Waals surface area (Å²) in [5.74, 6) is 0.577. The molecule has 8 heteroatoms. The van der Waals surface area contributed by atoms with Crippen LogP contribution in [0.2, 0.25) is 0 Å². The smallest absolute Gasteiger partial charge is 0.290 e. The molecular weight excluding hydrogens is 339 g/mol. The first-order valence-electron chi connectivity index (χ1n) is 8.05. The standard InChI is InChI=1S/C17H19FN4O.CH2O2/c1-10(2)15(8-23)22-17-12-7-14(21-16(12)19-9-20-17)11-5-3-4-6-13(11)18;2-1-3/h3-7,9-10,15,23H,8H2,1-2H3,(H2,19,20,21,22);1H,(H,2,3)/t15-;/m0./s1. The SMILES string of the molecule is CC(C)[C@H](CO)Nc1ncnc2[nH]c(-c3ccccc3F)cc12.O=CO. The highest BCUT2D eigenvalue weighted by atomic mass is 19.1. The first kappa shape index (κ1) is 19.3. The first-order valence-corrected chi connectivity index (χ1v) is 8.05. The Bertz CT molecular complexity index is 867. The van der Waals surface area contributed by atoms with E-state index in [1.54, 1.807) is 18.2 Å². The number of halogens is 1. The molecule has 0 bridgehead atoms. The fraction of sp³-hybridized carbons (Fsp3) is 0.278. The Morgan fingerprint density at radius 1 is 1.31 bits per heavy atom. The van der Waals surface area contributed by atoms with Crippen LogP contribution in [-0.4, -0.2) is 44.3 Å². The van der Waals surface area contributed by atoms with E-state index in [2.05, 4.69) is 20.3 Å². The number of hydrogen-bond donors (Lipinski definition) is 4. The van der Waals surface area contributed by atoms with E-state index in [4.69, 9.17) is 9.90 Å². The largest absolute Gasteiger partial charge is 0.483 e. The zero-order valence-corrected chi connectivity index (χ0v) is 14.5. The molecule has 0 fully saturated rings. The predicted octanol–water partition coefficient (Wildman–Crippen LogP) is 2.89. The maximum atomic E-state index is 14.0. The van der Waals surface area contributed by atoms with Gasteiger partial charge in [0, 0.05) is 5.56 Å². The molecule has 1 atom stereocenters. The summed E-state index contributed by atoms with van der Waals surface area (Å²) in [6.45, 7) is 3.80. The van der Waals surface area contributed by atoms with Gasteiger partial charge in [0.2, 0.25) is 0 Å². The topological polar surface area (TPSA) is 111 Å². The number of aliphatic hydroxyl groups excluding tert-OH is 1. The Balaban J connectivity index is 0.000000758. The number of carbonyl (C=O) groups is 1. The van der Waals surface area contributed by atoms with E-state index in [1.165, 1.54) is 12.4 Å². The maximum absolute atomic E-state index is 14.0. The minimum absolute atomic E-state index is 0.00769. The van der Waals surface area contributed by atoms with Crippen LogP contribution >= 0.6 is 0 Å². The van der Waals surface area contributed by atoms with Gasteiger partial charge in [-0.05, 0) is 24.1 Å². The molecule has 0 spiro atoms. The zero-order chi connectivity index (χ0) is 19.1. The Kier molecular flexibility index (Phi) is 6.62. The van der Waals surface area contributed by atoms with E-state index in [9.17, 15) is 9.50 Å². The van der Waals surface area contributed by atoms with Gasteiger partial charge in [-0.15, -0.1) is 0 Å². The molecule has 0 amide bonds. The maximum Gasteiger partial charge on any atom is 0.290 e. The van der Waals surface area contributed by atoms with E-state index < -0.39 is 0 Å². The van der Waals surface area contributed by atoms with Gasteiger partial charge in [-0.2, -0.15) is 0 Å². The second-order valence-corrected chi connectivity index (χ2v) is 5.93. The molecule has 0 radical (unpaired) electrons. The lowest BCUT2D eigenvalue weighted by atomic mass is 10.1. The van der Waals surface area contributed by atoms with E-state index in [0.29, 0.717) is 22.7 Å². The minimum atomic E-state index is -0.295. The lowest BCUT2D eigenvalue weighted by Crippen LogP contribution is -2.29. The summed E-state index contributed by atoms with van der Waals surface area (Å²) < 4.78 is 14.0. The average molecular weight is 360 g/mol. The summed E-state index contributed by atoms with van der Waals surface area (Å²) in [7, 11) is 0. The molecule has 4 N–H and O–H groups in total. The lowest BCUT2D eigenvalue weighted by Gasteiger charge is -2.20. The summed E-state index contributed by atoms with van der Waals surface area (Å²) in [5.41, 5.74) is 1.76. The number of anilines is 1. The Morgan fingerprint density at radius 2 is 2.00 bits per heavy atom. The average Bonchev–Trinajstić information content (AvgIpc) is 3.05. The van der Waals surface area contributed by atoms with Gasteiger partial charge >= 0.3 is 0 Å². The van der Waals surface area contributed by atoms with Crippen molar-refractivity contribution in [1.82, 2.24) is 15.0 Å². The highest BCUT2D eigenvalue weighted by Crippen LogP contribution is 2.28. The molecule has 26 heavy (non-hydrogen) atoms. The van der Waals surface area contributed by atoms with Crippen molar-refractivity contribution in [3.8, 4) is 11.3 Å². The third-order valence-corrected chi connectivity index (χ3v) is 3.91. The number of H-pyrrole nitrogens is 1. The molecule has 0 saturated carbocycles. The van der Waals surface area contributed by atoms with E-state index in [-0.39, 0.29) is 30.9 Å². The van der Waals surface area contributed by atoms with Crippen molar-refractivity contribution in [2.24, 2.45) is 5.92 Å². The summed E-state index contributed by atoms with van der Waals surface area (Å²) >= 11 is 0. The molecule has 1 aromatic carbocycles. The monoisotopic (exact) mass is 360 g/mol. The summed E-state index contributed by atoms with van der Waals surface area (Å²) in [5, 5.41) is 20.4. The molecule has 0 saturated heterocycles. The van der Waals surface area contributed by atoms with Crippen molar-refractivity contribution < 1.29 is 19.4 Å². The number of rotatable bonds is 5. The third-order valence-electron chi connectivity index (χ3n) is 3.91. The second-order valence-electron chi connectivity index (χ2n) is 5.93. The molecule has 0 unspecified atom stereocenters. The number of aliphatic hydroxyl groups is 1. The van der Waals surface area contributed by atoms with Crippen molar-refractivity contribution in [1.29, 1.82) is 0 Å². The molecule has 0 aliphatic carbocycles. The van der Waals surface area contributed by atoms with E-state index in [1.807, 2.05) is 19.9 Å². The van der Waals surface area contributed by atoms with Crippen molar-refractivity contribution in [2.75, 3.05) is 11.9 Å². The van der Waals surface area contributed by atoms with Gasteiger partial charge in [-0.1, -0.05) is 26.0 Å². The molecule has 0 aliphatic heterocycles. The van der Waals surface area contributed by atoms with E-state index in [0.717, 1.165) is 5.39 Å². The molecule has 3 aromatic rings. The van der Waals surface area contributed by atoms with Crippen LogP contribution < -0.4 is 5.32 Å². The number of benzene rings is 1. The second kappa shape index (κ2) is 8.91. The van der Waals surface area contributed by atoms with Crippen LogP contribution in [0.4, 0.5) is 10.2 Å². The van der Waals surface area contributed by atoms with Gasteiger partial charge in [0.1, 0.15) is 23.6 Å². The molecule has 2 heterocycles. The van der Waals surface area contributed by atoms with Crippen LogP contribution in [0, 0.1) is 11.7 Å². The Morgan fingerprint density at radius 3 is 2.62 bits per heavy atom. The molecule has 2 aromatic heterocycles. The number of nitrogens with zero attached hydrogens (tertiary/aromatic N) is 2. The van der Waals surface area contributed by atoms with Gasteiger partial charge in [0.25, 0.3) is 6.47 Å². The minimum Gasteiger partial charge on any atom is -0.483 e. The first-order chi connectivity index (χ1) is 12.5. The van der Waals surface area contributed by atoms with Crippen molar-refractivity contribution in [2.45, 2.75) is 19.9 Å². The summed E-state index contributed by atoms with van der Waals surface area (Å²) in [6.07, 6.45) is 1.45. The molecular formula is C18H21FN4O3. The third kappa shape index (κ3) is 4.34. The Hall–Kier alpha value is -3.00. The van der Waals surface area contributed by atoms with Gasteiger partial charge in [-0.25, -0.2) is 14.4 Å². The van der Waals surface area contributed by atoms with Crippen molar-refractivity contribution in [3.63, 3.8) is 0 Å². The van der Waals surface area contributed by atoms with Gasteiger partial charge < -0.3 is 20.5 Å². The van der Waals surface area contributed by atoms with Crippen LogP contribution in [0.5, 0.6) is 0 Å². The van der Waals surface area contributed by atoms with Gasteiger partial charge in [-0.3, -0.25) is 4.79 Å². The number of fused-ring (bicyclic) bond motifs is 1. The number of aromatic amines is 1. The quantitative estimate of drug-likeness (QED) is 0.521. The fourth-order valence-electron chi connectivity index (χ4n) is 2.48. The molecule has 138 valence electrons. The van der Waals surface area contributed by atoms with Gasteiger partial charge in [0.15, 0.2) is 0 Å². The van der Waals surface area contributed by atoms with Crippen LogP contribution in [0.25, 0.3) is 22.3 Å². The zero-order valence-electron chi connectivity index (χ0n) is 14.5. The van der Waals surface area contributed by atoms with Gasteiger partial charge in [0.05, 0.1) is 23.7 Å². The normalized spacial score (nSPS) is 11.7. The molecule has 3 rings (SSSR count). The van der Waals surface area contributed by atoms with Crippen LogP contribution in [-0.2, 0) is 4.79 Å². The summed E-state index contributed by atoms with van der Waals surface area (Å²) in [4.78, 5) is 19.9. The highest BCUT2D eigenvalue weighted by molar-refractivity contribution is 5.91. The number of carboxylic acid groups (broad SMARTS) is 1. The van der Waals surface area contributed by atoms with E-state index >= 15 is 0 Å². The molecule has 0 aliphatic rings. The lowest BCUT2D eigenvalue weighted by molar-refractivity contribution is -0.122. The Labute approximate surface area is 149 Å². The highest BCUT2D eigenvalue weighted by Gasteiger charge is 2.16. The fourth-order valence-corrected chi connectivity index (χ4v) is 2.48. The number of nitrogens with one attached hydrogen (secondary N) is 2. The van der Waals surface area contributed by atoms with Crippen LogP contribution in [0.3, 0.4) is 0 Å². The van der Waals surface area contributed by atoms with Crippen molar-refractivity contribution >= 4 is 23.3 Å². The predicted molar refractivity (Wildman–Crippen MR) is 97.3 cm³/mol. The van der Waals surface area contributed by atoms with Crippen LogP contribution in [0.1, 0.15) is 13.8 Å². The summed E-state index contributed by atoms with van der Waals surface area (Å²) in [6, 6.07) is 8.29. The number of aromatic nitrogens is 3. The molecule has 7 nitrogen and oxygen atoms in total. The number of hydrogen-bond acceptors (Lipinski definition) is 5.